The molecule has 52 valence electrons. The van der Waals surface area contributed by atoms with E-state index >= 15 is 0 Å². The zero-order valence-corrected chi connectivity index (χ0v) is 5.34. The molecule has 3 N–H and O–H groups in total. The Labute approximate surface area is 54.6 Å². The van der Waals surface area contributed by atoms with Gasteiger partial charge in [0.25, 0.3) is 0 Å². The Morgan fingerprint density at radius 3 is 2.89 bits per heavy atom. The van der Waals surface area contributed by atoms with Crippen molar-refractivity contribution in [2.45, 2.75) is 24.6 Å². The number of fused-ring (bicyclic) bond motifs is 2. The molecule has 3 unspecified atom stereocenters. The van der Waals surface area contributed by atoms with Gasteiger partial charge in [0.15, 0.2) is 0 Å². The van der Waals surface area contributed by atoms with Crippen molar-refractivity contribution >= 4 is 0 Å². The summed E-state index contributed by atoms with van der Waals surface area (Å²) in [4.78, 5) is 0. The van der Waals surface area contributed by atoms with E-state index in [0.29, 0.717) is 24.7 Å². The minimum atomic E-state index is 0.417. The fraction of sp³-hybridized carbons (Fsp3) is 1.00. The van der Waals surface area contributed by atoms with Crippen molar-refractivity contribution in [3.8, 4) is 0 Å². The number of hydrogen-bond acceptors (Lipinski definition) is 3. The fourth-order valence-electron chi connectivity index (χ4n) is 1.68. The molecule has 2 aliphatic rings. The second kappa shape index (κ2) is 1.94. The molecule has 0 aromatic heterocycles. The molecule has 3 nitrogen and oxygen atoms in total. The van der Waals surface area contributed by atoms with Crippen molar-refractivity contribution in [3.63, 3.8) is 0 Å². The van der Waals surface area contributed by atoms with Gasteiger partial charge in [-0.1, -0.05) is 0 Å². The molecule has 2 fully saturated rings. The average molecular weight is 128 g/mol. The Bertz CT molecular complexity index is 118. The van der Waals surface area contributed by atoms with Gasteiger partial charge in [-0.3, -0.25) is 0 Å². The lowest BCUT2D eigenvalue weighted by atomic mass is 10.2. The van der Waals surface area contributed by atoms with Crippen LogP contribution in [0.1, 0.15) is 6.42 Å². The summed E-state index contributed by atoms with van der Waals surface area (Å²) in [5, 5.41) is 3.39. The quantitative estimate of drug-likeness (QED) is 0.480. The second-order valence-electron chi connectivity index (χ2n) is 2.81. The van der Waals surface area contributed by atoms with Gasteiger partial charge in [-0.2, -0.15) is 0 Å². The molecule has 0 saturated carbocycles. The summed E-state index contributed by atoms with van der Waals surface area (Å²) in [7, 11) is 0. The third-order valence-corrected chi connectivity index (χ3v) is 2.18. The van der Waals surface area contributed by atoms with E-state index in [0.717, 1.165) is 6.61 Å². The van der Waals surface area contributed by atoms with E-state index in [1.165, 1.54) is 6.42 Å². The first kappa shape index (κ1) is 5.65. The van der Waals surface area contributed by atoms with Gasteiger partial charge >= 0.3 is 0 Å². The van der Waals surface area contributed by atoms with Gasteiger partial charge in [-0.15, -0.1) is 0 Å². The summed E-state index contributed by atoms with van der Waals surface area (Å²) in [6.45, 7) is 1.60. The number of nitrogens with two attached hydrogens (primary N) is 1. The molecule has 2 saturated heterocycles. The zero-order valence-electron chi connectivity index (χ0n) is 5.34. The maximum absolute atomic E-state index is 5.48. The summed E-state index contributed by atoms with van der Waals surface area (Å²) < 4.78 is 5.41. The summed E-state index contributed by atoms with van der Waals surface area (Å²) >= 11 is 0. The van der Waals surface area contributed by atoms with Crippen molar-refractivity contribution in [1.29, 1.82) is 0 Å². The molecular formula is C6H12N2O. The monoisotopic (exact) mass is 128 g/mol. The predicted molar refractivity (Wildman–Crippen MR) is 34.1 cm³/mol. The van der Waals surface area contributed by atoms with Crippen LogP contribution in [-0.4, -0.2) is 31.3 Å². The van der Waals surface area contributed by atoms with E-state index < -0.39 is 0 Å². The number of nitrogens with one attached hydrogen (secondary N) is 1. The van der Waals surface area contributed by atoms with Crippen LogP contribution in [0.3, 0.4) is 0 Å². The smallest absolute Gasteiger partial charge is 0.0756 e. The Kier molecular flexibility index (Phi) is 1.22. The standard InChI is InChI=1S/C6H12N2O/c7-2-5-6-1-4(8-5)3-9-6/h4-6,8H,1-3,7H2. The third kappa shape index (κ3) is 0.764. The summed E-state index contributed by atoms with van der Waals surface area (Å²) in [5.41, 5.74) is 5.48. The van der Waals surface area contributed by atoms with Gasteiger partial charge < -0.3 is 15.8 Å². The van der Waals surface area contributed by atoms with Crippen LogP contribution in [0.15, 0.2) is 0 Å². The lowest BCUT2D eigenvalue weighted by Crippen LogP contribution is -2.45. The van der Waals surface area contributed by atoms with Crippen molar-refractivity contribution in [2.75, 3.05) is 13.2 Å². The Morgan fingerprint density at radius 1 is 1.67 bits per heavy atom. The largest absolute Gasteiger partial charge is 0.375 e. The summed E-state index contributed by atoms with van der Waals surface area (Å²) in [6, 6.07) is 1.03. The predicted octanol–water partition coefficient (Wildman–Crippen LogP) is -0.926. The lowest BCUT2D eigenvalue weighted by Gasteiger charge is -2.21. The Hall–Kier alpha value is -0.120. The van der Waals surface area contributed by atoms with Gasteiger partial charge in [0.05, 0.1) is 12.7 Å². The van der Waals surface area contributed by atoms with Crippen molar-refractivity contribution in [3.05, 3.63) is 0 Å². The van der Waals surface area contributed by atoms with Crippen LogP contribution in [0.25, 0.3) is 0 Å². The van der Waals surface area contributed by atoms with Crippen molar-refractivity contribution < 1.29 is 4.74 Å². The SMILES string of the molecule is NCC1NC2COC1C2. The topological polar surface area (TPSA) is 47.3 Å². The molecular weight excluding hydrogens is 116 g/mol. The summed E-state index contributed by atoms with van der Waals surface area (Å²) in [6.07, 6.45) is 1.59. The van der Waals surface area contributed by atoms with Crippen LogP contribution >= 0.6 is 0 Å². The van der Waals surface area contributed by atoms with E-state index in [-0.39, 0.29) is 0 Å². The molecule has 0 aliphatic carbocycles. The van der Waals surface area contributed by atoms with E-state index in [1.807, 2.05) is 0 Å². The molecule has 9 heavy (non-hydrogen) atoms. The molecule has 0 amide bonds. The first-order valence-corrected chi connectivity index (χ1v) is 3.48. The fourth-order valence-corrected chi connectivity index (χ4v) is 1.68. The Morgan fingerprint density at radius 2 is 2.56 bits per heavy atom. The highest BCUT2D eigenvalue weighted by molar-refractivity contribution is 4.96. The third-order valence-electron chi connectivity index (χ3n) is 2.18. The van der Waals surface area contributed by atoms with E-state index in [9.17, 15) is 0 Å². The minimum Gasteiger partial charge on any atom is -0.375 e. The van der Waals surface area contributed by atoms with E-state index in [1.54, 1.807) is 0 Å². The molecule has 3 atom stereocenters. The van der Waals surface area contributed by atoms with Gasteiger partial charge in [-0.05, 0) is 6.42 Å². The number of rotatable bonds is 1. The molecule has 3 heteroatoms. The van der Waals surface area contributed by atoms with Gasteiger partial charge in [0.1, 0.15) is 0 Å². The minimum absolute atomic E-state index is 0.417. The van der Waals surface area contributed by atoms with Crippen LogP contribution in [0.2, 0.25) is 0 Å². The molecule has 2 bridgehead atoms. The number of morpholine rings is 1. The highest BCUT2D eigenvalue weighted by Gasteiger charge is 2.39. The van der Waals surface area contributed by atoms with Crippen molar-refractivity contribution in [1.82, 2.24) is 5.32 Å². The molecule has 0 aromatic rings. The number of ether oxygens (including phenoxy) is 1. The first-order valence-electron chi connectivity index (χ1n) is 3.48. The average Bonchev–Trinajstić information content (AvgIpc) is 2.45. The maximum atomic E-state index is 5.48. The molecule has 2 aliphatic heterocycles. The first-order chi connectivity index (χ1) is 4.40. The Balaban J connectivity index is 2.01. The van der Waals surface area contributed by atoms with E-state index in [2.05, 4.69) is 5.32 Å². The molecule has 2 rings (SSSR count). The normalized spacial score (nSPS) is 48.3. The van der Waals surface area contributed by atoms with Crippen LogP contribution in [-0.2, 0) is 4.74 Å². The second-order valence-corrected chi connectivity index (χ2v) is 2.81. The zero-order chi connectivity index (χ0) is 6.27. The van der Waals surface area contributed by atoms with Gasteiger partial charge in [0.2, 0.25) is 0 Å². The van der Waals surface area contributed by atoms with Gasteiger partial charge in [0, 0.05) is 18.6 Å². The summed E-state index contributed by atoms with van der Waals surface area (Å²) in [5.74, 6) is 0. The van der Waals surface area contributed by atoms with Gasteiger partial charge in [-0.25, -0.2) is 0 Å². The van der Waals surface area contributed by atoms with Crippen LogP contribution in [0, 0.1) is 0 Å². The molecule has 0 aromatic carbocycles. The van der Waals surface area contributed by atoms with Crippen molar-refractivity contribution in [2.24, 2.45) is 5.73 Å². The lowest BCUT2D eigenvalue weighted by molar-refractivity contribution is 0.0591. The van der Waals surface area contributed by atoms with E-state index in [4.69, 9.17) is 10.5 Å². The molecule has 0 spiro atoms. The molecule has 0 radical (unpaired) electrons. The highest BCUT2D eigenvalue weighted by Crippen LogP contribution is 2.23. The maximum Gasteiger partial charge on any atom is 0.0756 e. The van der Waals surface area contributed by atoms with Crippen LogP contribution < -0.4 is 11.1 Å². The highest BCUT2D eigenvalue weighted by atomic mass is 16.5. The molecule has 2 heterocycles. The number of hydrogen-bond donors (Lipinski definition) is 2. The van der Waals surface area contributed by atoms with Crippen LogP contribution in [0.5, 0.6) is 0 Å². The van der Waals surface area contributed by atoms with Crippen LogP contribution in [0.4, 0.5) is 0 Å².